The van der Waals surface area contributed by atoms with Crippen LogP contribution in [-0.4, -0.2) is 15.9 Å². The molecule has 0 saturated carbocycles. The normalized spacial score (nSPS) is 18.3. The van der Waals surface area contributed by atoms with Gasteiger partial charge in [0.05, 0.1) is 29.8 Å². The number of anilines is 1. The average molecular weight is 263 g/mol. The van der Waals surface area contributed by atoms with Gasteiger partial charge in [-0.05, 0) is 23.8 Å². The van der Waals surface area contributed by atoms with Gasteiger partial charge in [0, 0.05) is 5.69 Å². The second-order valence-electron chi connectivity index (χ2n) is 5.00. The first-order valence-electron chi connectivity index (χ1n) is 6.63. The number of rotatable bonds is 2. The summed E-state index contributed by atoms with van der Waals surface area (Å²) in [5.74, 6) is 0.165. The maximum Gasteiger partial charge on any atom is 0.230 e. The van der Waals surface area contributed by atoms with E-state index in [1.54, 1.807) is 6.33 Å². The molecule has 1 N–H and O–H groups in total. The minimum absolute atomic E-state index is 0.143. The lowest BCUT2D eigenvalue weighted by Gasteiger charge is -2.40. The summed E-state index contributed by atoms with van der Waals surface area (Å²) >= 11 is 0. The number of hydrogen-bond donors (Lipinski definition) is 1. The zero-order valence-electron chi connectivity index (χ0n) is 10.8. The van der Waals surface area contributed by atoms with E-state index in [4.69, 9.17) is 0 Å². The molecule has 1 amide bonds. The molecule has 2 heterocycles. The van der Waals surface area contributed by atoms with Crippen molar-refractivity contribution < 1.29 is 4.79 Å². The minimum atomic E-state index is 0.143. The number of nitrogens with one attached hydrogen (secondary N) is 1. The van der Waals surface area contributed by atoms with Crippen LogP contribution in [0.5, 0.6) is 0 Å². The van der Waals surface area contributed by atoms with Crippen LogP contribution in [0.2, 0.25) is 0 Å². The van der Waals surface area contributed by atoms with Gasteiger partial charge in [-0.25, -0.2) is 4.98 Å². The molecule has 0 spiro atoms. The zero-order chi connectivity index (χ0) is 13.5. The van der Waals surface area contributed by atoms with Gasteiger partial charge in [-0.2, -0.15) is 0 Å². The van der Waals surface area contributed by atoms with Crippen LogP contribution in [0.3, 0.4) is 0 Å². The molecule has 0 aliphatic carbocycles. The van der Waals surface area contributed by atoms with Crippen molar-refractivity contribution in [2.75, 3.05) is 4.90 Å². The maximum absolute atomic E-state index is 12.0. The van der Waals surface area contributed by atoms with E-state index in [-0.39, 0.29) is 11.9 Å². The molecule has 1 atom stereocenters. The van der Waals surface area contributed by atoms with Crippen LogP contribution in [-0.2, 0) is 4.79 Å². The average Bonchev–Trinajstić information content (AvgIpc) is 2.93. The Morgan fingerprint density at radius 3 is 2.80 bits per heavy atom. The lowest BCUT2D eigenvalue weighted by Crippen LogP contribution is -2.46. The fraction of sp³-hybridized carbons (Fsp3) is 0.125. The summed E-state index contributed by atoms with van der Waals surface area (Å²) in [6, 6.07) is 16.2. The summed E-state index contributed by atoms with van der Waals surface area (Å²) in [7, 11) is 0. The molecule has 1 aromatic heterocycles. The van der Waals surface area contributed by atoms with Crippen LogP contribution in [0.25, 0.3) is 11.0 Å². The van der Waals surface area contributed by atoms with E-state index in [9.17, 15) is 4.79 Å². The van der Waals surface area contributed by atoms with Crippen LogP contribution < -0.4 is 4.90 Å². The Morgan fingerprint density at radius 2 is 2.00 bits per heavy atom. The highest BCUT2D eigenvalue weighted by molar-refractivity contribution is 6.02. The quantitative estimate of drug-likeness (QED) is 0.722. The van der Waals surface area contributed by atoms with Gasteiger partial charge in [0.25, 0.3) is 0 Å². The molecule has 0 radical (unpaired) electrons. The van der Waals surface area contributed by atoms with Crippen molar-refractivity contribution in [2.24, 2.45) is 0 Å². The van der Waals surface area contributed by atoms with E-state index in [0.717, 1.165) is 16.7 Å². The van der Waals surface area contributed by atoms with Crippen LogP contribution in [0.1, 0.15) is 18.0 Å². The number of benzene rings is 2. The molecule has 1 aliphatic heterocycles. The predicted molar refractivity (Wildman–Crippen MR) is 77.4 cm³/mol. The number of amides is 1. The Labute approximate surface area is 116 Å². The van der Waals surface area contributed by atoms with Crippen LogP contribution in [0.4, 0.5) is 5.69 Å². The number of carbonyl (C=O) groups is 1. The Kier molecular flexibility index (Phi) is 2.36. The summed E-state index contributed by atoms with van der Waals surface area (Å²) in [6.07, 6.45) is 2.24. The minimum Gasteiger partial charge on any atom is -0.345 e. The second-order valence-corrected chi connectivity index (χ2v) is 5.00. The molecule has 98 valence electrons. The zero-order valence-corrected chi connectivity index (χ0v) is 10.8. The maximum atomic E-state index is 12.0. The number of carbonyl (C=O) groups excluding carboxylic acids is 1. The lowest BCUT2D eigenvalue weighted by molar-refractivity contribution is -0.124. The van der Waals surface area contributed by atoms with Crippen LogP contribution >= 0.6 is 0 Å². The van der Waals surface area contributed by atoms with E-state index >= 15 is 0 Å². The van der Waals surface area contributed by atoms with Gasteiger partial charge in [-0.1, -0.05) is 30.3 Å². The lowest BCUT2D eigenvalue weighted by atomic mass is 9.93. The topological polar surface area (TPSA) is 49.0 Å². The number of H-pyrrole nitrogens is 1. The van der Waals surface area contributed by atoms with Gasteiger partial charge in [0.1, 0.15) is 0 Å². The van der Waals surface area contributed by atoms with Crippen molar-refractivity contribution in [2.45, 2.75) is 12.5 Å². The van der Waals surface area contributed by atoms with Gasteiger partial charge in [-0.15, -0.1) is 0 Å². The van der Waals surface area contributed by atoms with E-state index < -0.39 is 0 Å². The predicted octanol–water partition coefficient (Wildman–Crippen LogP) is 3.04. The number of aromatic nitrogens is 2. The monoisotopic (exact) mass is 263 g/mol. The fourth-order valence-electron chi connectivity index (χ4n) is 2.76. The number of hydrogen-bond acceptors (Lipinski definition) is 2. The Balaban J connectivity index is 1.74. The van der Waals surface area contributed by atoms with E-state index in [2.05, 4.69) is 22.1 Å². The first kappa shape index (κ1) is 11.2. The van der Waals surface area contributed by atoms with Crippen molar-refractivity contribution in [1.29, 1.82) is 0 Å². The highest BCUT2D eigenvalue weighted by Gasteiger charge is 2.38. The largest absolute Gasteiger partial charge is 0.345 e. The summed E-state index contributed by atoms with van der Waals surface area (Å²) < 4.78 is 0. The van der Waals surface area contributed by atoms with Crippen molar-refractivity contribution in [3.05, 3.63) is 60.4 Å². The number of fused-ring (bicyclic) bond motifs is 1. The molecule has 0 unspecified atom stereocenters. The summed E-state index contributed by atoms with van der Waals surface area (Å²) in [5, 5.41) is 0. The summed E-state index contributed by atoms with van der Waals surface area (Å²) in [6.45, 7) is 0. The molecule has 0 bridgehead atoms. The molecule has 1 aliphatic rings. The smallest absolute Gasteiger partial charge is 0.230 e. The van der Waals surface area contributed by atoms with E-state index in [1.165, 1.54) is 5.56 Å². The van der Waals surface area contributed by atoms with Gasteiger partial charge >= 0.3 is 0 Å². The molecule has 1 fully saturated rings. The number of imidazole rings is 1. The van der Waals surface area contributed by atoms with Crippen molar-refractivity contribution in [3.63, 3.8) is 0 Å². The molecule has 4 heteroatoms. The molecule has 3 aromatic rings. The SMILES string of the molecule is O=C1C[C@H](c2ccccc2)N1c1ccc2nc[nH]c2c1. The van der Waals surface area contributed by atoms with Crippen LogP contribution in [0.15, 0.2) is 54.9 Å². The Bertz CT molecular complexity index is 779. The number of β-lactam (4-membered cyclic amide) rings is 1. The molecular formula is C16H13N3O. The Hall–Kier alpha value is -2.62. The molecular weight excluding hydrogens is 250 g/mol. The number of nitrogens with zero attached hydrogens (tertiary/aromatic N) is 2. The second kappa shape index (κ2) is 4.20. The molecule has 4 rings (SSSR count). The third kappa shape index (κ3) is 1.61. The van der Waals surface area contributed by atoms with E-state index in [1.807, 2.05) is 41.3 Å². The van der Waals surface area contributed by atoms with Crippen molar-refractivity contribution in [3.8, 4) is 0 Å². The first-order chi connectivity index (χ1) is 9.83. The van der Waals surface area contributed by atoms with E-state index in [0.29, 0.717) is 6.42 Å². The van der Waals surface area contributed by atoms with Gasteiger partial charge < -0.3 is 9.88 Å². The molecule has 20 heavy (non-hydrogen) atoms. The highest BCUT2D eigenvalue weighted by Crippen LogP contribution is 2.39. The summed E-state index contributed by atoms with van der Waals surface area (Å²) in [5.41, 5.74) is 3.97. The van der Waals surface area contributed by atoms with Crippen molar-refractivity contribution >= 4 is 22.6 Å². The van der Waals surface area contributed by atoms with Gasteiger partial charge in [0.15, 0.2) is 0 Å². The highest BCUT2D eigenvalue weighted by atomic mass is 16.2. The molecule has 4 nitrogen and oxygen atoms in total. The molecule has 2 aromatic carbocycles. The van der Waals surface area contributed by atoms with Gasteiger partial charge in [0.2, 0.25) is 5.91 Å². The third-order valence-corrected chi connectivity index (χ3v) is 3.81. The van der Waals surface area contributed by atoms with Crippen molar-refractivity contribution in [1.82, 2.24) is 9.97 Å². The third-order valence-electron chi connectivity index (χ3n) is 3.81. The van der Waals surface area contributed by atoms with Crippen LogP contribution in [0, 0.1) is 0 Å². The summed E-state index contributed by atoms with van der Waals surface area (Å²) in [4.78, 5) is 21.1. The Morgan fingerprint density at radius 1 is 1.15 bits per heavy atom. The first-order valence-corrected chi connectivity index (χ1v) is 6.63. The standard InChI is InChI=1S/C16H13N3O/c20-16-9-15(11-4-2-1-3-5-11)19(16)12-6-7-13-14(8-12)18-10-17-13/h1-8,10,15H,9H2,(H,17,18)/t15-/m1/s1. The molecule has 1 saturated heterocycles. The van der Waals surface area contributed by atoms with Gasteiger partial charge in [-0.3, -0.25) is 4.79 Å². The number of aromatic amines is 1. The fourth-order valence-corrected chi connectivity index (χ4v) is 2.76.